The molecule has 120 valence electrons. The number of nitrogens with one attached hydrogen (secondary N) is 1. The van der Waals surface area contributed by atoms with Crippen LogP contribution < -0.4 is 4.72 Å². The summed E-state index contributed by atoms with van der Waals surface area (Å²) in [6.07, 6.45) is -4.24. The van der Waals surface area contributed by atoms with Crippen LogP contribution in [-0.4, -0.2) is 36.8 Å². The third-order valence-electron chi connectivity index (χ3n) is 2.69. The lowest BCUT2D eigenvalue weighted by molar-refractivity contribution is -0.135. The van der Waals surface area contributed by atoms with Crippen molar-refractivity contribution in [2.45, 2.75) is 30.3 Å². The van der Waals surface area contributed by atoms with Gasteiger partial charge < -0.3 is 9.67 Å². The summed E-state index contributed by atoms with van der Waals surface area (Å²) in [6.45, 7) is -0.143. The van der Waals surface area contributed by atoms with Gasteiger partial charge in [-0.3, -0.25) is 0 Å². The third-order valence-corrected chi connectivity index (χ3v) is 4.12. The van der Waals surface area contributed by atoms with Crippen molar-refractivity contribution in [3.05, 3.63) is 18.0 Å². The van der Waals surface area contributed by atoms with Gasteiger partial charge in [0.2, 0.25) is 10.0 Å². The van der Waals surface area contributed by atoms with Crippen LogP contribution in [0.1, 0.15) is 29.8 Å². The number of nitrogens with zero attached hydrogens (tertiary/aromatic N) is 1. The van der Waals surface area contributed by atoms with E-state index in [9.17, 15) is 26.4 Å². The quantitative estimate of drug-likeness (QED) is 0.746. The van der Waals surface area contributed by atoms with Crippen LogP contribution in [0.2, 0.25) is 0 Å². The summed E-state index contributed by atoms with van der Waals surface area (Å²) in [5.41, 5.74) is -0.201. The first-order valence-electron chi connectivity index (χ1n) is 5.99. The van der Waals surface area contributed by atoms with Crippen molar-refractivity contribution in [3.63, 3.8) is 0 Å². The molecule has 0 radical (unpaired) electrons. The number of carboxylic acids is 1. The minimum absolute atomic E-state index is 0.0390. The Hall–Kier alpha value is -1.55. The highest BCUT2D eigenvalue weighted by Crippen LogP contribution is 2.22. The molecule has 0 saturated heterocycles. The maximum atomic E-state index is 11.9. The number of sulfonamides is 1. The maximum Gasteiger partial charge on any atom is 0.389 e. The molecule has 0 amide bonds. The van der Waals surface area contributed by atoms with Gasteiger partial charge in [-0.05, 0) is 18.9 Å². The predicted octanol–water partition coefficient (Wildman–Crippen LogP) is 1.73. The Balaban J connectivity index is 2.58. The Kier molecular flexibility index (Phi) is 5.40. The highest BCUT2D eigenvalue weighted by atomic mass is 32.2. The zero-order valence-electron chi connectivity index (χ0n) is 11.1. The molecule has 1 heterocycles. The van der Waals surface area contributed by atoms with E-state index in [1.165, 1.54) is 7.05 Å². The van der Waals surface area contributed by atoms with Crippen LogP contribution >= 0.6 is 0 Å². The van der Waals surface area contributed by atoms with Gasteiger partial charge in [0.1, 0.15) is 10.6 Å². The summed E-state index contributed by atoms with van der Waals surface area (Å²) in [5.74, 6) is -1.27. The predicted molar refractivity (Wildman–Crippen MR) is 67.5 cm³/mol. The Bertz CT molecular complexity index is 607. The number of aryl methyl sites for hydroxylation is 1. The number of hydrogen-bond acceptors (Lipinski definition) is 3. The van der Waals surface area contributed by atoms with Crippen LogP contribution in [-0.2, 0) is 17.1 Å². The number of aromatic nitrogens is 1. The molecular weight excluding hydrogens is 313 g/mol. The number of alkyl halides is 3. The summed E-state index contributed by atoms with van der Waals surface area (Å²) in [5, 5.41) is 8.82. The Morgan fingerprint density at radius 1 is 1.38 bits per heavy atom. The van der Waals surface area contributed by atoms with Crippen LogP contribution in [0.3, 0.4) is 0 Å². The second kappa shape index (κ2) is 6.48. The highest BCUT2D eigenvalue weighted by molar-refractivity contribution is 7.89. The van der Waals surface area contributed by atoms with Crippen molar-refractivity contribution in [2.24, 2.45) is 7.05 Å². The van der Waals surface area contributed by atoms with Gasteiger partial charge in [0, 0.05) is 26.2 Å². The van der Waals surface area contributed by atoms with Crippen molar-refractivity contribution in [1.29, 1.82) is 0 Å². The fraction of sp³-hybridized carbons (Fsp3) is 0.545. The van der Waals surface area contributed by atoms with E-state index in [1.807, 2.05) is 0 Å². The van der Waals surface area contributed by atoms with Gasteiger partial charge in [-0.25, -0.2) is 17.9 Å². The average Bonchev–Trinajstić information content (AvgIpc) is 2.70. The molecule has 0 unspecified atom stereocenters. The number of aromatic carboxylic acids is 1. The fourth-order valence-electron chi connectivity index (χ4n) is 1.63. The number of unbranched alkanes of at least 4 members (excludes halogenated alkanes) is 1. The molecule has 1 aromatic heterocycles. The zero-order chi connectivity index (χ0) is 16.3. The van der Waals surface area contributed by atoms with E-state index in [2.05, 4.69) is 4.72 Å². The van der Waals surface area contributed by atoms with Gasteiger partial charge in [-0.2, -0.15) is 13.2 Å². The topological polar surface area (TPSA) is 88.4 Å². The summed E-state index contributed by atoms with van der Waals surface area (Å²) in [7, 11) is -2.55. The maximum absolute atomic E-state index is 11.9. The lowest BCUT2D eigenvalue weighted by Crippen LogP contribution is -2.24. The van der Waals surface area contributed by atoms with E-state index < -0.39 is 28.6 Å². The number of hydrogen-bond donors (Lipinski definition) is 2. The Labute approximate surface area is 119 Å². The SMILES string of the molecule is Cn1cc(S(=O)(=O)NCCCCC(F)(F)F)cc1C(=O)O. The summed E-state index contributed by atoms with van der Waals surface area (Å²) < 4.78 is 62.7. The van der Waals surface area contributed by atoms with E-state index in [-0.39, 0.29) is 30.0 Å². The van der Waals surface area contributed by atoms with Crippen molar-refractivity contribution in [1.82, 2.24) is 9.29 Å². The lowest BCUT2D eigenvalue weighted by atomic mass is 10.2. The number of rotatable bonds is 7. The molecule has 0 bridgehead atoms. The molecule has 0 aliphatic heterocycles. The number of carboxylic acid groups (broad SMARTS) is 1. The molecule has 0 saturated carbocycles. The molecular formula is C11H15F3N2O4S. The van der Waals surface area contributed by atoms with Crippen molar-refractivity contribution in [3.8, 4) is 0 Å². The lowest BCUT2D eigenvalue weighted by Gasteiger charge is -2.07. The normalized spacial score (nSPS) is 12.6. The molecule has 0 spiro atoms. The minimum Gasteiger partial charge on any atom is -0.477 e. The number of halogens is 3. The Morgan fingerprint density at radius 3 is 2.48 bits per heavy atom. The second-order valence-electron chi connectivity index (χ2n) is 4.45. The molecule has 2 N–H and O–H groups in total. The van der Waals surface area contributed by atoms with Gasteiger partial charge >= 0.3 is 12.1 Å². The Morgan fingerprint density at radius 2 is 2.00 bits per heavy atom. The monoisotopic (exact) mass is 328 g/mol. The highest BCUT2D eigenvalue weighted by Gasteiger charge is 2.26. The first-order valence-corrected chi connectivity index (χ1v) is 7.47. The molecule has 0 aliphatic rings. The molecule has 21 heavy (non-hydrogen) atoms. The van der Waals surface area contributed by atoms with Gasteiger partial charge in [-0.15, -0.1) is 0 Å². The van der Waals surface area contributed by atoms with E-state index in [0.29, 0.717) is 0 Å². The van der Waals surface area contributed by atoms with Gasteiger partial charge in [-0.1, -0.05) is 0 Å². The zero-order valence-corrected chi connectivity index (χ0v) is 12.0. The fourth-order valence-corrected chi connectivity index (χ4v) is 2.78. The van der Waals surface area contributed by atoms with E-state index in [4.69, 9.17) is 5.11 Å². The molecule has 0 aromatic carbocycles. The third kappa shape index (κ3) is 5.38. The summed E-state index contributed by atoms with van der Waals surface area (Å²) >= 11 is 0. The summed E-state index contributed by atoms with van der Waals surface area (Å²) in [4.78, 5) is 10.6. The first kappa shape index (κ1) is 17.5. The summed E-state index contributed by atoms with van der Waals surface area (Å²) in [6, 6.07) is 0.986. The molecule has 1 rings (SSSR count). The molecule has 0 fully saturated rings. The molecule has 1 aromatic rings. The minimum atomic E-state index is -4.26. The van der Waals surface area contributed by atoms with Crippen LogP contribution in [0.25, 0.3) is 0 Å². The molecule has 0 aliphatic carbocycles. The van der Waals surface area contributed by atoms with Gasteiger partial charge in [0.05, 0.1) is 0 Å². The number of carbonyl (C=O) groups is 1. The molecule has 6 nitrogen and oxygen atoms in total. The molecule has 0 atom stereocenters. The van der Waals surface area contributed by atoms with E-state index in [0.717, 1.165) is 16.8 Å². The standard InChI is InChI=1S/C11H15F3N2O4S/c1-16-7-8(6-9(16)10(17)18)21(19,20)15-5-3-2-4-11(12,13)14/h6-7,15H,2-5H2,1H3,(H,17,18). The second-order valence-corrected chi connectivity index (χ2v) is 6.21. The van der Waals surface area contributed by atoms with E-state index in [1.54, 1.807) is 0 Å². The largest absolute Gasteiger partial charge is 0.477 e. The van der Waals surface area contributed by atoms with Crippen molar-refractivity contribution < 1.29 is 31.5 Å². The first-order chi connectivity index (χ1) is 9.53. The van der Waals surface area contributed by atoms with Gasteiger partial charge in [0.15, 0.2) is 0 Å². The van der Waals surface area contributed by atoms with Crippen LogP contribution in [0.15, 0.2) is 17.2 Å². The average molecular weight is 328 g/mol. The van der Waals surface area contributed by atoms with E-state index >= 15 is 0 Å². The smallest absolute Gasteiger partial charge is 0.389 e. The van der Waals surface area contributed by atoms with Crippen LogP contribution in [0.4, 0.5) is 13.2 Å². The van der Waals surface area contributed by atoms with Crippen molar-refractivity contribution in [2.75, 3.05) is 6.54 Å². The van der Waals surface area contributed by atoms with Crippen LogP contribution in [0.5, 0.6) is 0 Å². The van der Waals surface area contributed by atoms with Gasteiger partial charge in [0.25, 0.3) is 0 Å². The van der Waals surface area contributed by atoms with Crippen molar-refractivity contribution >= 4 is 16.0 Å². The van der Waals surface area contributed by atoms with Crippen LogP contribution in [0, 0.1) is 0 Å². The molecule has 10 heteroatoms.